The van der Waals surface area contributed by atoms with E-state index in [0.29, 0.717) is 29.5 Å². The maximum Gasteiger partial charge on any atom is 0.417 e. The second-order valence-electron chi connectivity index (χ2n) is 9.59. The molecule has 14 heteroatoms. The Morgan fingerprint density at radius 3 is 2.05 bits per heavy atom. The van der Waals surface area contributed by atoms with Crippen molar-refractivity contribution in [3.8, 4) is 0 Å². The van der Waals surface area contributed by atoms with Crippen LogP contribution in [0.2, 0.25) is 0 Å². The number of carbonyl (C=O) groups excluding carboxylic acids is 1. The summed E-state index contributed by atoms with van der Waals surface area (Å²) in [6.45, 7) is -0.330. The number of sulfonamides is 1. The van der Waals surface area contributed by atoms with Crippen LogP contribution in [0.1, 0.15) is 61.6 Å². The molecule has 0 unspecified atom stereocenters. The van der Waals surface area contributed by atoms with E-state index in [4.69, 9.17) is 5.73 Å². The van der Waals surface area contributed by atoms with Gasteiger partial charge in [0.1, 0.15) is 11.4 Å². The second-order valence-corrected chi connectivity index (χ2v) is 11.4. The number of hydrogen-bond donors (Lipinski definition) is 2. The van der Waals surface area contributed by atoms with Gasteiger partial charge < -0.3 is 11.1 Å². The number of nitrogens with zero attached hydrogens (tertiary/aromatic N) is 2. The number of amides is 1. The Kier molecular flexibility index (Phi) is 7.12. The Morgan fingerprint density at radius 1 is 1.00 bits per heavy atom. The average Bonchev–Trinajstić information content (AvgIpc) is 3.13. The summed E-state index contributed by atoms with van der Waals surface area (Å²) in [5.41, 5.74) is -1.37. The lowest BCUT2D eigenvalue weighted by Gasteiger charge is -2.34. The molecular weight excluding hydrogens is 526 g/mol. The molecule has 2 heterocycles. The first kappa shape index (κ1) is 27.4. The van der Waals surface area contributed by atoms with Crippen molar-refractivity contribution in [1.29, 1.82) is 0 Å². The number of piperidine rings is 1. The summed E-state index contributed by atoms with van der Waals surface area (Å²) in [7, 11) is -4.41. The van der Waals surface area contributed by atoms with Crippen molar-refractivity contribution in [2.75, 3.05) is 18.8 Å². The van der Waals surface area contributed by atoms with Crippen molar-refractivity contribution in [1.82, 2.24) is 9.62 Å². The molecular formula is C23H26F6N4O3S. The number of nitrogens with one attached hydrogen (secondary N) is 1. The molecule has 1 aliphatic carbocycles. The van der Waals surface area contributed by atoms with Crippen molar-refractivity contribution in [2.45, 2.75) is 62.8 Å². The fraction of sp³-hybridized carbons (Fsp3) is 0.565. The molecule has 1 amide bonds. The quantitative estimate of drug-likeness (QED) is 0.423. The SMILES string of the molecule is Nc1cc(C(F)(F)F)c(C=CS(=O)(=O)N2CCC3(CC2)N=C(C2CCCCC2)NC3=O)c(C(F)(F)F)c1. The fourth-order valence-corrected chi connectivity index (χ4v) is 6.30. The van der Waals surface area contributed by atoms with Crippen molar-refractivity contribution in [2.24, 2.45) is 10.9 Å². The van der Waals surface area contributed by atoms with E-state index in [-0.39, 0.29) is 37.8 Å². The molecule has 1 aromatic carbocycles. The van der Waals surface area contributed by atoms with Crippen LogP contribution in [0.3, 0.4) is 0 Å². The van der Waals surface area contributed by atoms with Crippen molar-refractivity contribution in [3.05, 3.63) is 34.2 Å². The van der Waals surface area contributed by atoms with Crippen molar-refractivity contribution in [3.63, 3.8) is 0 Å². The summed E-state index contributed by atoms with van der Waals surface area (Å²) in [4.78, 5) is 17.4. The minimum Gasteiger partial charge on any atom is -0.399 e. The number of alkyl halides is 6. The van der Waals surface area contributed by atoms with E-state index in [1.165, 1.54) is 0 Å². The number of rotatable bonds is 4. The standard InChI is InChI=1S/C23H26F6N4O3S/c24-22(25,26)17-12-15(30)13-18(23(27,28)29)16(17)6-11-37(35,36)33-9-7-21(8-10-33)20(34)31-19(32-21)14-4-2-1-3-5-14/h6,11-14H,1-5,7-10,30H2,(H,31,32,34). The number of benzene rings is 1. The Bertz CT molecular complexity index is 1190. The van der Waals surface area contributed by atoms with Crippen LogP contribution < -0.4 is 11.1 Å². The Hall–Kier alpha value is -2.61. The van der Waals surface area contributed by atoms with Crippen LogP contribution in [0, 0.1) is 5.92 Å². The Labute approximate surface area is 209 Å². The summed E-state index contributed by atoms with van der Waals surface area (Å²) in [5, 5.41) is 3.16. The molecule has 1 spiro atoms. The van der Waals surface area contributed by atoms with Gasteiger partial charge in [-0.05, 0) is 49.5 Å². The molecule has 1 saturated heterocycles. The maximum atomic E-state index is 13.5. The third-order valence-electron chi connectivity index (χ3n) is 7.12. The highest BCUT2D eigenvalue weighted by atomic mass is 32.2. The van der Waals surface area contributed by atoms with E-state index in [2.05, 4.69) is 10.3 Å². The molecule has 0 radical (unpaired) electrons. The first-order valence-corrected chi connectivity index (χ1v) is 13.3. The number of amidine groups is 1. The predicted molar refractivity (Wildman–Crippen MR) is 125 cm³/mol. The lowest BCUT2D eigenvalue weighted by atomic mass is 9.88. The number of nitrogens with two attached hydrogens (primary N) is 1. The molecule has 1 saturated carbocycles. The molecule has 0 aromatic heterocycles. The Balaban J connectivity index is 1.56. The third-order valence-corrected chi connectivity index (χ3v) is 8.68. The van der Waals surface area contributed by atoms with E-state index < -0.39 is 50.3 Å². The van der Waals surface area contributed by atoms with Gasteiger partial charge in [0.15, 0.2) is 0 Å². The van der Waals surface area contributed by atoms with Crippen LogP contribution in [0.5, 0.6) is 0 Å². The van der Waals surface area contributed by atoms with Crippen molar-refractivity contribution >= 4 is 33.5 Å². The van der Waals surface area contributed by atoms with Crippen LogP contribution >= 0.6 is 0 Å². The van der Waals surface area contributed by atoms with Crippen molar-refractivity contribution < 1.29 is 39.6 Å². The number of carbonyl (C=O) groups is 1. The normalized spacial score (nSPS) is 22.0. The highest BCUT2D eigenvalue weighted by Gasteiger charge is 2.48. The number of halogens is 6. The first-order valence-electron chi connectivity index (χ1n) is 11.8. The summed E-state index contributed by atoms with van der Waals surface area (Å²) in [6.07, 6.45) is -5.02. The van der Waals surface area contributed by atoms with Gasteiger partial charge in [-0.15, -0.1) is 0 Å². The minimum atomic E-state index is -5.21. The van der Waals surface area contributed by atoms with Gasteiger partial charge in [-0.2, -0.15) is 30.6 Å². The van der Waals surface area contributed by atoms with E-state index in [1.807, 2.05) is 0 Å². The van der Waals surface area contributed by atoms with Gasteiger partial charge in [0.2, 0.25) is 10.0 Å². The topological polar surface area (TPSA) is 105 Å². The van der Waals surface area contributed by atoms with Crippen LogP contribution in [0.15, 0.2) is 22.5 Å². The molecule has 1 aromatic rings. The highest BCUT2D eigenvalue weighted by Crippen LogP contribution is 2.42. The predicted octanol–water partition coefficient (Wildman–Crippen LogP) is 4.55. The first-order chi connectivity index (χ1) is 17.1. The average molecular weight is 553 g/mol. The number of nitrogen functional groups attached to an aromatic ring is 1. The Morgan fingerprint density at radius 2 is 1.54 bits per heavy atom. The van der Waals surface area contributed by atoms with E-state index in [0.717, 1.165) is 36.4 Å². The summed E-state index contributed by atoms with van der Waals surface area (Å²) >= 11 is 0. The van der Waals surface area contributed by atoms with Crippen LogP contribution in [0.25, 0.3) is 6.08 Å². The lowest BCUT2D eigenvalue weighted by Crippen LogP contribution is -2.50. The van der Waals surface area contributed by atoms with Gasteiger partial charge in [0.25, 0.3) is 5.91 Å². The van der Waals surface area contributed by atoms with Gasteiger partial charge >= 0.3 is 12.4 Å². The molecule has 2 fully saturated rings. The smallest absolute Gasteiger partial charge is 0.399 e. The zero-order valence-corrected chi connectivity index (χ0v) is 20.4. The second kappa shape index (κ2) is 9.61. The molecule has 2 aliphatic heterocycles. The van der Waals surface area contributed by atoms with E-state index in [9.17, 15) is 39.6 Å². The molecule has 204 valence electrons. The van der Waals surface area contributed by atoms with Crippen LogP contribution in [-0.4, -0.2) is 43.1 Å². The van der Waals surface area contributed by atoms with Gasteiger partial charge in [0, 0.05) is 30.1 Å². The summed E-state index contributed by atoms with van der Waals surface area (Å²) in [6, 6.07) is 0.652. The largest absolute Gasteiger partial charge is 0.417 e. The van der Waals surface area contributed by atoms with Gasteiger partial charge in [-0.25, -0.2) is 8.42 Å². The van der Waals surface area contributed by atoms with Crippen LogP contribution in [0.4, 0.5) is 32.0 Å². The molecule has 3 aliphatic rings. The number of hydrogen-bond acceptors (Lipinski definition) is 5. The highest BCUT2D eigenvalue weighted by molar-refractivity contribution is 7.92. The van der Waals surface area contributed by atoms with Crippen LogP contribution in [-0.2, 0) is 27.2 Å². The zero-order valence-electron chi connectivity index (χ0n) is 19.6. The van der Waals surface area contributed by atoms with Gasteiger partial charge in [-0.3, -0.25) is 9.79 Å². The molecule has 0 bridgehead atoms. The zero-order chi connectivity index (χ0) is 27.2. The van der Waals surface area contributed by atoms with Gasteiger partial charge in [-0.1, -0.05) is 19.3 Å². The summed E-state index contributed by atoms with van der Waals surface area (Å²) in [5.74, 6) is 0.447. The fourth-order valence-electron chi connectivity index (χ4n) is 5.13. The molecule has 4 rings (SSSR count). The minimum absolute atomic E-state index is 0.0472. The maximum absolute atomic E-state index is 13.5. The number of aliphatic imine (C=N–C) groups is 1. The monoisotopic (exact) mass is 552 g/mol. The summed E-state index contributed by atoms with van der Waals surface area (Å²) < 4.78 is 108. The lowest BCUT2D eigenvalue weighted by molar-refractivity contribution is -0.143. The molecule has 7 nitrogen and oxygen atoms in total. The van der Waals surface area contributed by atoms with E-state index in [1.54, 1.807) is 0 Å². The van der Waals surface area contributed by atoms with Gasteiger partial charge in [0.05, 0.1) is 11.1 Å². The third kappa shape index (κ3) is 5.64. The molecule has 37 heavy (non-hydrogen) atoms. The molecule has 3 N–H and O–H groups in total. The number of anilines is 1. The molecule has 0 atom stereocenters. The van der Waals surface area contributed by atoms with E-state index >= 15 is 0 Å².